The molecule has 0 amide bonds. The van der Waals surface area contributed by atoms with Gasteiger partial charge in [0.15, 0.2) is 0 Å². The van der Waals surface area contributed by atoms with Crippen LogP contribution in [0.15, 0.2) is 18.2 Å². The second-order valence-corrected chi connectivity index (χ2v) is 5.44. The van der Waals surface area contributed by atoms with Crippen LogP contribution in [0.3, 0.4) is 0 Å². The molecule has 0 aliphatic carbocycles. The van der Waals surface area contributed by atoms with Gasteiger partial charge in [0.2, 0.25) is 0 Å². The Hall–Kier alpha value is -1.15. The van der Waals surface area contributed by atoms with Crippen molar-refractivity contribution in [1.82, 2.24) is 0 Å². The molecule has 0 aromatic heterocycles. The van der Waals surface area contributed by atoms with E-state index >= 15 is 0 Å². The van der Waals surface area contributed by atoms with Crippen LogP contribution in [0.2, 0.25) is 0 Å². The van der Waals surface area contributed by atoms with E-state index in [1.165, 1.54) is 13.2 Å². The molecule has 5 nitrogen and oxygen atoms in total. The number of carbonyl (C=O) groups is 2. The lowest BCUT2D eigenvalue weighted by Crippen LogP contribution is -2.13. The van der Waals surface area contributed by atoms with Crippen LogP contribution in [0.5, 0.6) is 0 Å². The molecule has 1 unspecified atom stereocenters. The zero-order chi connectivity index (χ0) is 15.1. The smallest absolute Gasteiger partial charge is 0.338 e. The van der Waals surface area contributed by atoms with E-state index in [0.29, 0.717) is 17.5 Å². The van der Waals surface area contributed by atoms with Crippen molar-refractivity contribution in [2.75, 3.05) is 20.8 Å². The van der Waals surface area contributed by atoms with E-state index in [1.54, 1.807) is 19.2 Å². The summed E-state index contributed by atoms with van der Waals surface area (Å²) in [6, 6.07) is 4.78. The van der Waals surface area contributed by atoms with Crippen molar-refractivity contribution in [3.8, 4) is 0 Å². The van der Waals surface area contributed by atoms with Gasteiger partial charge in [0, 0.05) is 17.1 Å². The van der Waals surface area contributed by atoms with Crippen molar-refractivity contribution in [2.45, 2.75) is 19.4 Å². The summed E-state index contributed by atoms with van der Waals surface area (Å²) in [5, 5.41) is 0. The van der Waals surface area contributed by atoms with E-state index in [-0.39, 0.29) is 12.7 Å². The highest BCUT2D eigenvalue weighted by Gasteiger charge is 2.14. The maximum Gasteiger partial charge on any atom is 0.338 e. The van der Waals surface area contributed by atoms with Crippen molar-refractivity contribution in [2.24, 2.45) is 0 Å². The summed E-state index contributed by atoms with van der Waals surface area (Å²) in [6.45, 7) is 2.17. The maximum atomic E-state index is 11.9. The molecule has 6 heteroatoms. The summed E-state index contributed by atoms with van der Waals surface area (Å²) in [4.78, 5) is 23.4. The first-order chi connectivity index (χ1) is 9.47. The molecule has 0 aliphatic heterocycles. The van der Waals surface area contributed by atoms with Crippen molar-refractivity contribution in [1.29, 1.82) is 0 Å². The Morgan fingerprint density at radius 1 is 1.15 bits per heavy atom. The lowest BCUT2D eigenvalue weighted by atomic mass is 10.1. The van der Waals surface area contributed by atoms with Crippen molar-refractivity contribution in [3.63, 3.8) is 0 Å². The molecular weight excluding hydrogens is 375 g/mol. The van der Waals surface area contributed by atoms with Crippen LogP contribution in [0, 0.1) is 3.57 Å². The van der Waals surface area contributed by atoms with Gasteiger partial charge >= 0.3 is 11.9 Å². The summed E-state index contributed by atoms with van der Waals surface area (Å²) in [5.41, 5.74) is 0.666. The molecule has 20 heavy (non-hydrogen) atoms. The highest BCUT2D eigenvalue weighted by Crippen LogP contribution is 2.15. The first kappa shape index (κ1) is 16.9. The molecule has 0 saturated heterocycles. The number of esters is 2. The largest absolute Gasteiger partial charge is 0.465 e. The van der Waals surface area contributed by atoms with Gasteiger partial charge in [-0.25, -0.2) is 9.59 Å². The van der Waals surface area contributed by atoms with Crippen LogP contribution in [-0.2, 0) is 14.2 Å². The van der Waals surface area contributed by atoms with Gasteiger partial charge in [0.25, 0.3) is 0 Å². The Bertz CT molecular complexity index is 486. The van der Waals surface area contributed by atoms with Crippen LogP contribution < -0.4 is 0 Å². The summed E-state index contributed by atoms with van der Waals surface area (Å²) < 4.78 is 15.6. The van der Waals surface area contributed by atoms with Gasteiger partial charge in [-0.1, -0.05) is 0 Å². The highest BCUT2D eigenvalue weighted by atomic mass is 127. The Morgan fingerprint density at radius 2 is 1.75 bits per heavy atom. The number of halogens is 1. The summed E-state index contributed by atoms with van der Waals surface area (Å²) in [6.07, 6.45) is 0.653. The fraction of sp³-hybridized carbons (Fsp3) is 0.429. The van der Waals surface area contributed by atoms with Crippen LogP contribution in [0.25, 0.3) is 0 Å². The number of methoxy groups -OCH3 is 2. The quantitative estimate of drug-likeness (QED) is 0.550. The monoisotopic (exact) mass is 392 g/mol. The summed E-state index contributed by atoms with van der Waals surface area (Å²) in [5.74, 6) is -0.942. The lowest BCUT2D eigenvalue weighted by Gasteiger charge is -2.10. The third kappa shape index (κ3) is 5.09. The van der Waals surface area contributed by atoms with Crippen LogP contribution in [0.1, 0.15) is 34.1 Å². The molecule has 1 rings (SSSR count). The molecule has 1 aromatic rings. The second kappa shape index (κ2) is 8.21. The molecule has 1 atom stereocenters. The molecule has 0 radical (unpaired) electrons. The van der Waals surface area contributed by atoms with Gasteiger partial charge in [0.1, 0.15) is 0 Å². The van der Waals surface area contributed by atoms with Gasteiger partial charge in [-0.2, -0.15) is 0 Å². The fourth-order valence-electron chi connectivity index (χ4n) is 1.46. The molecule has 0 aliphatic rings. The van der Waals surface area contributed by atoms with Gasteiger partial charge in [0.05, 0.1) is 30.9 Å². The highest BCUT2D eigenvalue weighted by molar-refractivity contribution is 14.1. The number of carbonyl (C=O) groups excluding carboxylic acids is 2. The molecular formula is C14H17IO5. The molecule has 0 saturated carbocycles. The van der Waals surface area contributed by atoms with Crippen LogP contribution in [-0.4, -0.2) is 38.9 Å². The Morgan fingerprint density at radius 3 is 2.30 bits per heavy atom. The minimum absolute atomic E-state index is 0.0318. The first-order valence-electron chi connectivity index (χ1n) is 6.06. The molecule has 0 fully saturated rings. The molecule has 0 spiro atoms. The van der Waals surface area contributed by atoms with E-state index in [4.69, 9.17) is 9.47 Å². The number of ether oxygens (including phenoxy) is 3. The average Bonchev–Trinajstić information content (AvgIpc) is 2.45. The van der Waals surface area contributed by atoms with Crippen LogP contribution >= 0.6 is 22.6 Å². The molecule has 1 aromatic carbocycles. The second-order valence-electron chi connectivity index (χ2n) is 4.19. The van der Waals surface area contributed by atoms with Crippen molar-refractivity contribution < 1.29 is 23.8 Å². The van der Waals surface area contributed by atoms with Gasteiger partial charge in [-0.15, -0.1) is 0 Å². The predicted octanol–water partition coefficient (Wildman–Crippen LogP) is 2.66. The number of benzene rings is 1. The zero-order valence-corrected chi connectivity index (χ0v) is 13.8. The number of rotatable bonds is 6. The summed E-state index contributed by atoms with van der Waals surface area (Å²) >= 11 is 2.03. The van der Waals surface area contributed by atoms with E-state index < -0.39 is 11.9 Å². The zero-order valence-electron chi connectivity index (χ0n) is 11.6. The Labute approximate surface area is 131 Å². The number of hydrogen-bond acceptors (Lipinski definition) is 5. The van der Waals surface area contributed by atoms with E-state index in [1.807, 2.05) is 29.5 Å². The maximum absolute atomic E-state index is 11.9. The normalized spacial score (nSPS) is 11.8. The third-order valence-corrected chi connectivity index (χ3v) is 3.34. The predicted molar refractivity (Wildman–Crippen MR) is 81.9 cm³/mol. The first-order valence-corrected chi connectivity index (χ1v) is 7.14. The van der Waals surface area contributed by atoms with Crippen molar-refractivity contribution in [3.05, 3.63) is 32.9 Å². The molecule has 0 heterocycles. The van der Waals surface area contributed by atoms with E-state index in [9.17, 15) is 9.59 Å². The minimum atomic E-state index is -0.481. The van der Waals surface area contributed by atoms with Crippen LogP contribution in [0.4, 0.5) is 0 Å². The molecule has 110 valence electrons. The number of hydrogen-bond donors (Lipinski definition) is 0. The van der Waals surface area contributed by atoms with Gasteiger partial charge < -0.3 is 14.2 Å². The molecule has 0 N–H and O–H groups in total. The standard InChI is InChI=1S/C14H17IO5/c1-9(18-2)4-5-20-14(17)11-6-10(13(16)19-3)7-12(15)8-11/h6-9H,4-5H2,1-3H3. The van der Waals surface area contributed by atoms with E-state index in [2.05, 4.69) is 4.74 Å². The van der Waals surface area contributed by atoms with Crippen molar-refractivity contribution >= 4 is 34.5 Å². The molecule has 0 bridgehead atoms. The lowest BCUT2D eigenvalue weighted by molar-refractivity contribution is 0.0391. The summed E-state index contributed by atoms with van der Waals surface area (Å²) in [7, 11) is 2.90. The average molecular weight is 392 g/mol. The van der Waals surface area contributed by atoms with Gasteiger partial charge in [-0.3, -0.25) is 0 Å². The third-order valence-electron chi connectivity index (χ3n) is 2.71. The SMILES string of the molecule is COC(=O)c1cc(I)cc(C(=O)OCCC(C)OC)c1. The minimum Gasteiger partial charge on any atom is -0.465 e. The fourth-order valence-corrected chi connectivity index (χ4v) is 2.13. The Balaban J connectivity index is 2.73. The van der Waals surface area contributed by atoms with Gasteiger partial charge in [-0.05, 0) is 47.7 Å². The van der Waals surface area contributed by atoms with E-state index in [0.717, 1.165) is 3.57 Å². The topological polar surface area (TPSA) is 61.8 Å². The Kier molecular flexibility index (Phi) is 6.94.